The Morgan fingerprint density at radius 3 is 2.63 bits per heavy atom. The molecule has 4 heteroatoms. The highest BCUT2D eigenvalue weighted by Gasteiger charge is 2.36. The normalized spacial score (nSPS) is 27.4. The van der Waals surface area contributed by atoms with Crippen LogP contribution in [0.5, 0.6) is 0 Å². The summed E-state index contributed by atoms with van der Waals surface area (Å²) < 4.78 is 0. The molecule has 1 amide bonds. The van der Waals surface area contributed by atoms with E-state index in [9.17, 15) is 4.79 Å². The van der Waals surface area contributed by atoms with Crippen LogP contribution in [0.2, 0.25) is 0 Å². The van der Waals surface area contributed by atoms with Crippen molar-refractivity contribution in [3.05, 3.63) is 0 Å². The van der Waals surface area contributed by atoms with E-state index in [1.54, 1.807) is 0 Å². The molecule has 2 atom stereocenters. The third-order valence-electron chi connectivity index (χ3n) is 4.71. The number of nitrogens with zero attached hydrogens (tertiary/aromatic N) is 1. The highest BCUT2D eigenvalue weighted by Crippen LogP contribution is 2.25. The van der Waals surface area contributed by atoms with Crippen LogP contribution in [-0.2, 0) is 4.79 Å². The maximum Gasteiger partial charge on any atom is 0.237 e. The van der Waals surface area contributed by atoms with E-state index in [0.717, 1.165) is 18.9 Å². The van der Waals surface area contributed by atoms with Gasteiger partial charge in [0.05, 0.1) is 5.54 Å². The van der Waals surface area contributed by atoms with Gasteiger partial charge in [-0.15, -0.1) is 0 Å². The van der Waals surface area contributed by atoms with Gasteiger partial charge in [-0.05, 0) is 71.9 Å². The summed E-state index contributed by atoms with van der Waals surface area (Å²) in [6, 6.07) is 1.27. The molecule has 3 N–H and O–H groups in total. The summed E-state index contributed by atoms with van der Waals surface area (Å²) in [7, 11) is 0. The number of amides is 1. The van der Waals surface area contributed by atoms with Gasteiger partial charge in [-0.2, -0.15) is 0 Å². The van der Waals surface area contributed by atoms with E-state index in [-0.39, 0.29) is 5.91 Å². The smallest absolute Gasteiger partial charge is 0.237 e. The lowest BCUT2D eigenvalue weighted by molar-refractivity contribution is -0.124. The van der Waals surface area contributed by atoms with Gasteiger partial charge in [-0.3, -0.25) is 4.79 Å². The highest BCUT2D eigenvalue weighted by atomic mass is 16.1. The molecule has 110 valence electrons. The van der Waals surface area contributed by atoms with Crippen molar-refractivity contribution in [2.75, 3.05) is 13.1 Å². The summed E-state index contributed by atoms with van der Waals surface area (Å²) in [5.41, 5.74) is 5.06. The number of hydrogen-bond donors (Lipinski definition) is 2. The minimum absolute atomic E-state index is 0.200. The van der Waals surface area contributed by atoms with Crippen LogP contribution in [0, 0.1) is 0 Å². The number of likely N-dealkylation sites (tertiary alicyclic amines) is 1. The molecular formula is C15H29N3O. The lowest BCUT2D eigenvalue weighted by Gasteiger charge is -2.28. The molecule has 0 aromatic heterocycles. The Hall–Kier alpha value is -0.610. The molecule has 0 aromatic rings. The lowest BCUT2D eigenvalue weighted by atomic mass is 9.93. The average molecular weight is 267 g/mol. The van der Waals surface area contributed by atoms with E-state index in [1.807, 2.05) is 6.92 Å². The van der Waals surface area contributed by atoms with Gasteiger partial charge in [-0.1, -0.05) is 0 Å². The zero-order chi connectivity index (χ0) is 13.9. The van der Waals surface area contributed by atoms with E-state index in [2.05, 4.69) is 17.1 Å². The Morgan fingerprint density at radius 2 is 2.11 bits per heavy atom. The Bertz CT molecular complexity index is 317. The van der Waals surface area contributed by atoms with E-state index in [4.69, 9.17) is 5.73 Å². The van der Waals surface area contributed by atoms with Crippen molar-refractivity contribution in [1.82, 2.24) is 10.2 Å². The first kappa shape index (κ1) is 14.8. The number of carbonyl (C=O) groups excluding carboxylic acids is 1. The highest BCUT2D eigenvalue weighted by molar-refractivity contribution is 5.84. The Labute approximate surface area is 117 Å². The molecule has 2 fully saturated rings. The first-order valence-electron chi connectivity index (χ1n) is 7.83. The number of unbranched alkanes of at least 4 members (excludes halogenated alkanes) is 1. The molecule has 2 aliphatic rings. The summed E-state index contributed by atoms with van der Waals surface area (Å²) in [4.78, 5) is 14.2. The third kappa shape index (κ3) is 4.18. The molecular weight excluding hydrogens is 238 g/mol. The van der Waals surface area contributed by atoms with Crippen molar-refractivity contribution in [2.45, 2.75) is 76.4 Å². The first-order valence-corrected chi connectivity index (χ1v) is 7.83. The fourth-order valence-electron chi connectivity index (χ4n) is 3.06. The second-order valence-corrected chi connectivity index (χ2v) is 6.60. The van der Waals surface area contributed by atoms with Crippen LogP contribution in [0.25, 0.3) is 0 Å². The van der Waals surface area contributed by atoms with Gasteiger partial charge in [0.15, 0.2) is 0 Å². The predicted molar refractivity (Wildman–Crippen MR) is 77.9 cm³/mol. The summed E-state index contributed by atoms with van der Waals surface area (Å²) in [6.45, 7) is 6.69. The monoisotopic (exact) mass is 267 g/mol. The number of nitrogens with one attached hydrogen (secondary N) is 1. The van der Waals surface area contributed by atoms with Gasteiger partial charge in [0.2, 0.25) is 5.91 Å². The number of hydrogen-bond acceptors (Lipinski definition) is 3. The summed E-state index contributed by atoms with van der Waals surface area (Å²) >= 11 is 0. The molecule has 19 heavy (non-hydrogen) atoms. The van der Waals surface area contributed by atoms with Crippen molar-refractivity contribution in [2.24, 2.45) is 5.73 Å². The van der Waals surface area contributed by atoms with Gasteiger partial charge in [-0.25, -0.2) is 0 Å². The van der Waals surface area contributed by atoms with Crippen LogP contribution < -0.4 is 11.1 Å². The van der Waals surface area contributed by atoms with E-state index in [1.165, 1.54) is 45.2 Å². The quantitative estimate of drug-likeness (QED) is 0.657. The van der Waals surface area contributed by atoms with Crippen molar-refractivity contribution in [3.8, 4) is 0 Å². The Kier molecular flexibility index (Phi) is 4.85. The number of nitrogens with two attached hydrogens (primary N) is 1. The molecule has 1 saturated heterocycles. The average Bonchev–Trinajstić information content (AvgIpc) is 3.06. The molecule has 0 bridgehead atoms. The molecule has 4 nitrogen and oxygen atoms in total. The zero-order valence-electron chi connectivity index (χ0n) is 12.5. The molecule has 1 heterocycles. The van der Waals surface area contributed by atoms with E-state index >= 15 is 0 Å². The van der Waals surface area contributed by atoms with Gasteiger partial charge in [0, 0.05) is 12.1 Å². The molecule has 2 unspecified atom stereocenters. The first-order chi connectivity index (χ1) is 9.01. The minimum Gasteiger partial charge on any atom is -0.368 e. The van der Waals surface area contributed by atoms with Crippen molar-refractivity contribution >= 4 is 5.91 Å². The molecule has 0 spiro atoms. The predicted octanol–water partition coefficient (Wildman–Crippen LogP) is 1.64. The summed E-state index contributed by atoms with van der Waals surface area (Å²) in [6.07, 6.45) is 8.15. The third-order valence-corrected chi connectivity index (χ3v) is 4.71. The Balaban J connectivity index is 1.68. The number of rotatable bonds is 8. The van der Waals surface area contributed by atoms with Crippen molar-refractivity contribution in [3.63, 3.8) is 0 Å². The van der Waals surface area contributed by atoms with Crippen LogP contribution in [0.15, 0.2) is 0 Å². The minimum atomic E-state index is -0.502. The molecule has 1 aliphatic heterocycles. The van der Waals surface area contributed by atoms with Gasteiger partial charge < -0.3 is 16.0 Å². The molecule has 0 aromatic carbocycles. The van der Waals surface area contributed by atoms with Gasteiger partial charge >= 0.3 is 0 Å². The Morgan fingerprint density at radius 1 is 1.37 bits per heavy atom. The van der Waals surface area contributed by atoms with Crippen LogP contribution >= 0.6 is 0 Å². The number of primary amides is 1. The molecule has 1 saturated carbocycles. The second kappa shape index (κ2) is 6.23. The van der Waals surface area contributed by atoms with Crippen molar-refractivity contribution in [1.29, 1.82) is 0 Å². The summed E-state index contributed by atoms with van der Waals surface area (Å²) in [5, 5.41) is 3.42. The second-order valence-electron chi connectivity index (χ2n) is 6.60. The maximum absolute atomic E-state index is 11.6. The van der Waals surface area contributed by atoms with E-state index < -0.39 is 5.54 Å². The fourth-order valence-corrected chi connectivity index (χ4v) is 3.06. The van der Waals surface area contributed by atoms with Gasteiger partial charge in [0.25, 0.3) is 0 Å². The van der Waals surface area contributed by atoms with Gasteiger partial charge in [0.1, 0.15) is 0 Å². The fraction of sp³-hybridized carbons (Fsp3) is 0.933. The topological polar surface area (TPSA) is 58.4 Å². The summed E-state index contributed by atoms with van der Waals surface area (Å²) in [5.74, 6) is -0.200. The van der Waals surface area contributed by atoms with Crippen LogP contribution in [0.3, 0.4) is 0 Å². The lowest BCUT2D eigenvalue weighted by Crippen LogP contribution is -2.54. The molecule has 1 aliphatic carbocycles. The molecule has 2 rings (SSSR count). The molecule has 0 radical (unpaired) electrons. The van der Waals surface area contributed by atoms with Crippen LogP contribution in [0.1, 0.15) is 58.8 Å². The zero-order valence-corrected chi connectivity index (χ0v) is 12.5. The van der Waals surface area contributed by atoms with Crippen LogP contribution in [-0.4, -0.2) is 41.5 Å². The largest absolute Gasteiger partial charge is 0.368 e. The van der Waals surface area contributed by atoms with Crippen molar-refractivity contribution < 1.29 is 4.79 Å². The standard InChI is InChI=1S/C15H29N3O/c1-12-6-5-11-18(12)10-4-3-9-15(2,14(16)19)17-13-7-8-13/h12-13,17H,3-11H2,1-2H3,(H2,16,19). The van der Waals surface area contributed by atoms with E-state index in [0.29, 0.717) is 6.04 Å². The number of carbonyl (C=O) groups is 1. The van der Waals surface area contributed by atoms with Crippen LogP contribution in [0.4, 0.5) is 0 Å². The maximum atomic E-state index is 11.6. The SMILES string of the molecule is CC1CCCN1CCCCC(C)(NC1CC1)C(N)=O.